The van der Waals surface area contributed by atoms with E-state index in [0.29, 0.717) is 0 Å². The molecule has 0 heteroatoms. The summed E-state index contributed by atoms with van der Waals surface area (Å²) in [7, 11) is 0. The first-order valence-corrected chi connectivity index (χ1v) is 3.92. The summed E-state index contributed by atoms with van der Waals surface area (Å²) in [6.07, 6.45) is 7.97. The van der Waals surface area contributed by atoms with Gasteiger partial charge < -0.3 is 0 Å². The van der Waals surface area contributed by atoms with Crippen molar-refractivity contribution in [2.24, 2.45) is 17.3 Å². The summed E-state index contributed by atoms with van der Waals surface area (Å²) in [5.74, 6) is 2.45. The van der Waals surface area contributed by atoms with Gasteiger partial charge in [0.1, 0.15) is 0 Å². The van der Waals surface area contributed by atoms with E-state index in [2.05, 4.69) is 0 Å². The molecule has 2 unspecified atom stereocenters. The van der Waals surface area contributed by atoms with Crippen LogP contribution in [0.5, 0.6) is 0 Å². The SMILES string of the molecule is C1CC23CCC2CC13. The fourth-order valence-corrected chi connectivity index (χ4v) is 3.19. The Kier molecular flexibility index (Phi) is 0.427. The number of hydrogen-bond acceptors (Lipinski definition) is 0. The average molecular weight is 108 g/mol. The summed E-state index contributed by atoms with van der Waals surface area (Å²) in [5, 5.41) is 0. The topological polar surface area (TPSA) is 0 Å². The normalized spacial score (nSPS) is 66.0. The highest BCUT2D eigenvalue weighted by Gasteiger charge is 2.64. The maximum absolute atomic E-state index is 1.61. The molecule has 0 aliphatic heterocycles. The third kappa shape index (κ3) is 0.191. The Balaban J connectivity index is 1.96. The van der Waals surface area contributed by atoms with Gasteiger partial charge >= 0.3 is 0 Å². The molecule has 2 atom stereocenters. The summed E-state index contributed by atoms with van der Waals surface area (Å²) in [5.41, 5.74) is 1.00. The molecule has 0 aromatic carbocycles. The van der Waals surface area contributed by atoms with Gasteiger partial charge in [0.25, 0.3) is 0 Å². The lowest BCUT2D eigenvalue weighted by atomic mass is 9.34. The zero-order valence-electron chi connectivity index (χ0n) is 5.19. The van der Waals surface area contributed by atoms with Crippen LogP contribution in [0, 0.1) is 17.3 Å². The van der Waals surface area contributed by atoms with Crippen LogP contribution in [-0.4, -0.2) is 0 Å². The molecule has 44 valence electrons. The molecule has 0 bridgehead atoms. The lowest BCUT2D eigenvalue weighted by molar-refractivity contribution is -0.214. The van der Waals surface area contributed by atoms with E-state index in [4.69, 9.17) is 0 Å². The summed E-state index contributed by atoms with van der Waals surface area (Å²) in [6, 6.07) is 0. The molecular formula is C8H12. The van der Waals surface area contributed by atoms with Crippen molar-refractivity contribution in [1.82, 2.24) is 0 Å². The third-order valence-electron chi connectivity index (χ3n) is 4.11. The Hall–Kier alpha value is 0. The minimum atomic E-state index is 1.00. The summed E-state index contributed by atoms with van der Waals surface area (Å²) in [6.45, 7) is 0. The second-order valence-corrected chi connectivity index (χ2v) is 3.94. The molecule has 0 radical (unpaired) electrons. The van der Waals surface area contributed by atoms with Crippen molar-refractivity contribution in [1.29, 1.82) is 0 Å². The zero-order chi connectivity index (χ0) is 5.19. The molecule has 0 aromatic rings. The molecule has 3 aliphatic carbocycles. The predicted molar refractivity (Wildman–Crippen MR) is 32.5 cm³/mol. The highest BCUT2D eigenvalue weighted by atomic mass is 14.7. The summed E-state index contributed by atoms with van der Waals surface area (Å²) >= 11 is 0. The van der Waals surface area contributed by atoms with E-state index < -0.39 is 0 Å². The first kappa shape index (κ1) is 3.92. The zero-order valence-corrected chi connectivity index (χ0v) is 5.19. The van der Waals surface area contributed by atoms with Crippen molar-refractivity contribution in [3.63, 3.8) is 0 Å². The second-order valence-electron chi connectivity index (χ2n) is 3.94. The molecule has 0 nitrogen and oxygen atoms in total. The van der Waals surface area contributed by atoms with Gasteiger partial charge in [0.15, 0.2) is 0 Å². The van der Waals surface area contributed by atoms with Crippen molar-refractivity contribution in [2.75, 3.05) is 0 Å². The van der Waals surface area contributed by atoms with Crippen LogP contribution in [0.1, 0.15) is 32.1 Å². The smallest absolute Gasteiger partial charge is 0.0240 e. The van der Waals surface area contributed by atoms with Crippen molar-refractivity contribution >= 4 is 0 Å². The van der Waals surface area contributed by atoms with Crippen LogP contribution < -0.4 is 0 Å². The van der Waals surface area contributed by atoms with Crippen LogP contribution in [0.25, 0.3) is 0 Å². The van der Waals surface area contributed by atoms with Gasteiger partial charge in [0, 0.05) is 0 Å². The predicted octanol–water partition coefficient (Wildman–Crippen LogP) is 2.20. The van der Waals surface area contributed by atoms with Crippen molar-refractivity contribution in [3.05, 3.63) is 0 Å². The Bertz CT molecular complexity index is 121. The highest BCUT2D eigenvalue weighted by Crippen LogP contribution is 2.74. The lowest BCUT2D eigenvalue weighted by Crippen LogP contribution is -2.62. The van der Waals surface area contributed by atoms with Gasteiger partial charge in [0.05, 0.1) is 0 Å². The van der Waals surface area contributed by atoms with E-state index in [1.165, 1.54) is 11.8 Å². The van der Waals surface area contributed by atoms with Crippen LogP contribution in [0.4, 0.5) is 0 Å². The molecule has 0 heterocycles. The molecule has 1 spiro atoms. The molecule has 0 amide bonds. The van der Waals surface area contributed by atoms with Gasteiger partial charge in [-0.2, -0.15) is 0 Å². The number of rotatable bonds is 0. The van der Waals surface area contributed by atoms with Gasteiger partial charge in [-0.15, -0.1) is 0 Å². The fourth-order valence-electron chi connectivity index (χ4n) is 3.19. The maximum atomic E-state index is 1.61. The minimum Gasteiger partial charge on any atom is -0.0493 e. The minimum absolute atomic E-state index is 1.00. The first-order valence-electron chi connectivity index (χ1n) is 3.92. The van der Waals surface area contributed by atoms with Crippen LogP contribution in [0.15, 0.2) is 0 Å². The molecular weight excluding hydrogens is 96.1 g/mol. The van der Waals surface area contributed by atoms with E-state index in [1.807, 2.05) is 0 Å². The monoisotopic (exact) mass is 108 g/mol. The van der Waals surface area contributed by atoms with Gasteiger partial charge in [-0.25, -0.2) is 0 Å². The van der Waals surface area contributed by atoms with E-state index in [9.17, 15) is 0 Å². The molecule has 0 N–H and O–H groups in total. The van der Waals surface area contributed by atoms with Crippen LogP contribution in [-0.2, 0) is 0 Å². The van der Waals surface area contributed by atoms with Gasteiger partial charge in [-0.05, 0) is 49.4 Å². The van der Waals surface area contributed by atoms with E-state index in [0.717, 1.165) is 5.41 Å². The summed E-state index contributed by atoms with van der Waals surface area (Å²) < 4.78 is 0. The maximum Gasteiger partial charge on any atom is -0.0240 e. The molecule has 3 rings (SSSR count). The molecule has 3 fully saturated rings. The van der Waals surface area contributed by atoms with Gasteiger partial charge in [-0.3, -0.25) is 0 Å². The van der Waals surface area contributed by atoms with Crippen molar-refractivity contribution in [3.8, 4) is 0 Å². The Labute approximate surface area is 50.3 Å². The standard InChI is InChI=1S/C8H12/c1-3-8-4-2-7(8)5-6(1)8/h6-7H,1-5H2. The van der Waals surface area contributed by atoms with E-state index in [1.54, 1.807) is 32.1 Å². The van der Waals surface area contributed by atoms with Crippen LogP contribution >= 0.6 is 0 Å². The van der Waals surface area contributed by atoms with Crippen LogP contribution in [0.3, 0.4) is 0 Å². The first-order chi connectivity index (χ1) is 3.92. The van der Waals surface area contributed by atoms with Crippen molar-refractivity contribution in [2.45, 2.75) is 32.1 Å². The largest absolute Gasteiger partial charge is 0.0493 e. The van der Waals surface area contributed by atoms with E-state index in [-0.39, 0.29) is 0 Å². The number of hydrogen-bond donors (Lipinski definition) is 0. The second kappa shape index (κ2) is 0.872. The third-order valence-corrected chi connectivity index (χ3v) is 4.11. The van der Waals surface area contributed by atoms with E-state index >= 15 is 0 Å². The molecule has 3 aliphatic rings. The Morgan fingerprint density at radius 2 is 1.62 bits per heavy atom. The highest BCUT2D eigenvalue weighted by molar-refractivity contribution is 5.14. The van der Waals surface area contributed by atoms with Crippen LogP contribution in [0.2, 0.25) is 0 Å². The lowest BCUT2D eigenvalue weighted by Gasteiger charge is -2.71. The molecule has 0 saturated heterocycles. The quantitative estimate of drug-likeness (QED) is 0.446. The van der Waals surface area contributed by atoms with Gasteiger partial charge in [-0.1, -0.05) is 0 Å². The average Bonchev–Trinajstić information content (AvgIpc) is 1.62. The molecule has 3 saturated carbocycles. The Morgan fingerprint density at radius 1 is 1.00 bits per heavy atom. The Morgan fingerprint density at radius 3 is 1.62 bits per heavy atom. The fraction of sp³-hybridized carbons (Fsp3) is 1.00. The van der Waals surface area contributed by atoms with Gasteiger partial charge in [0.2, 0.25) is 0 Å². The molecule has 8 heavy (non-hydrogen) atoms. The molecule has 0 aromatic heterocycles. The van der Waals surface area contributed by atoms with Crippen molar-refractivity contribution < 1.29 is 0 Å². The summed E-state index contributed by atoms with van der Waals surface area (Å²) in [4.78, 5) is 0.